The van der Waals surface area contributed by atoms with E-state index < -0.39 is 30.1 Å². The Kier molecular flexibility index (Phi) is 6.66. The molecule has 4 amide bonds. The van der Waals surface area contributed by atoms with Crippen LogP contribution in [0.1, 0.15) is 22.8 Å². The van der Waals surface area contributed by atoms with Crippen LogP contribution in [0.3, 0.4) is 0 Å². The smallest absolute Gasteiger partial charge is 0.406 e. The van der Waals surface area contributed by atoms with Crippen LogP contribution in [0.5, 0.6) is 5.75 Å². The molecule has 2 aliphatic heterocycles. The van der Waals surface area contributed by atoms with Crippen LogP contribution in [-0.2, 0) is 11.3 Å². The first-order valence-corrected chi connectivity index (χ1v) is 11.0. The topological polar surface area (TPSA) is 86.3 Å². The Hall–Kier alpha value is -3.67. The lowest BCUT2D eigenvalue weighted by Crippen LogP contribution is -2.47. The number of hydrogen-bond acceptors (Lipinski definition) is 6. The summed E-state index contributed by atoms with van der Waals surface area (Å²) in [5.41, 5.74) is 1.02. The molecule has 2 saturated heterocycles. The molecule has 186 valence electrons. The van der Waals surface area contributed by atoms with Gasteiger partial charge in [0.05, 0.1) is 11.3 Å². The van der Waals surface area contributed by atoms with E-state index in [9.17, 15) is 27.6 Å². The van der Waals surface area contributed by atoms with E-state index in [1.165, 1.54) is 29.4 Å². The van der Waals surface area contributed by atoms with Crippen molar-refractivity contribution in [3.05, 3.63) is 53.9 Å². The van der Waals surface area contributed by atoms with Crippen molar-refractivity contribution in [2.75, 3.05) is 38.1 Å². The predicted octanol–water partition coefficient (Wildman–Crippen LogP) is 2.73. The minimum absolute atomic E-state index is 0.00511. The summed E-state index contributed by atoms with van der Waals surface area (Å²) >= 11 is 0. The summed E-state index contributed by atoms with van der Waals surface area (Å²) in [6.45, 7) is 4.20. The first-order valence-electron chi connectivity index (χ1n) is 11.0. The van der Waals surface area contributed by atoms with Crippen LogP contribution < -0.4 is 9.64 Å². The number of rotatable bonds is 5. The molecule has 2 fully saturated rings. The number of urea groups is 1. The first kappa shape index (κ1) is 24.5. The second-order valence-electron chi connectivity index (χ2n) is 8.43. The average Bonchev–Trinajstić information content (AvgIpc) is 3.02. The number of ether oxygens (including phenoxy) is 1. The van der Waals surface area contributed by atoms with Crippen molar-refractivity contribution in [3.63, 3.8) is 0 Å². The molecule has 1 unspecified atom stereocenters. The van der Waals surface area contributed by atoms with Crippen molar-refractivity contribution >= 4 is 23.5 Å². The molecule has 4 rings (SSSR count). The Morgan fingerprint density at radius 2 is 1.74 bits per heavy atom. The molecular formula is C23H24F3N5O4. The maximum absolute atomic E-state index is 13.2. The lowest BCUT2D eigenvalue weighted by molar-refractivity contribution is -0.274. The van der Waals surface area contributed by atoms with Crippen LogP contribution in [-0.4, -0.2) is 83.2 Å². The molecule has 9 nitrogen and oxygen atoms in total. The Morgan fingerprint density at radius 3 is 2.37 bits per heavy atom. The van der Waals surface area contributed by atoms with Gasteiger partial charge in [0, 0.05) is 45.1 Å². The monoisotopic (exact) mass is 491 g/mol. The van der Waals surface area contributed by atoms with E-state index in [4.69, 9.17) is 0 Å². The Labute approximate surface area is 199 Å². The van der Waals surface area contributed by atoms with Crippen molar-refractivity contribution in [2.24, 2.45) is 0 Å². The molecule has 1 atom stereocenters. The predicted molar refractivity (Wildman–Crippen MR) is 119 cm³/mol. The summed E-state index contributed by atoms with van der Waals surface area (Å²) in [5.74, 6) is -1.18. The van der Waals surface area contributed by atoms with Gasteiger partial charge >= 0.3 is 12.4 Å². The van der Waals surface area contributed by atoms with Gasteiger partial charge < -0.3 is 19.4 Å². The highest BCUT2D eigenvalue weighted by Gasteiger charge is 2.43. The zero-order valence-electron chi connectivity index (χ0n) is 19.2. The largest absolute Gasteiger partial charge is 0.573 e. The van der Waals surface area contributed by atoms with E-state index in [1.807, 2.05) is 7.05 Å². The van der Waals surface area contributed by atoms with Crippen molar-refractivity contribution in [2.45, 2.75) is 25.9 Å². The van der Waals surface area contributed by atoms with E-state index >= 15 is 0 Å². The number of anilines is 1. The summed E-state index contributed by atoms with van der Waals surface area (Å²) in [6, 6.07) is 4.65. The molecule has 1 aromatic carbocycles. The molecule has 35 heavy (non-hydrogen) atoms. The van der Waals surface area contributed by atoms with Gasteiger partial charge in [-0.1, -0.05) is 0 Å². The number of pyridine rings is 1. The molecule has 0 spiro atoms. The van der Waals surface area contributed by atoms with Crippen LogP contribution >= 0.6 is 0 Å². The van der Waals surface area contributed by atoms with Crippen molar-refractivity contribution in [1.29, 1.82) is 0 Å². The number of piperazine rings is 1. The molecule has 0 saturated carbocycles. The number of amides is 4. The third kappa shape index (κ3) is 5.21. The van der Waals surface area contributed by atoms with E-state index in [1.54, 1.807) is 17.9 Å². The molecule has 12 heteroatoms. The van der Waals surface area contributed by atoms with Crippen LogP contribution in [0.4, 0.5) is 23.7 Å². The second-order valence-corrected chi connectivity index (χ2v) is 8.43. The number of benzene rings is 1. The number of aromatic nitrogens is 1. The third-order valence-corrected chi connectivity index (χ3v) is 6.08. The van der Waals surface area contributed by atoms with Crippen LogP contribution in [0.25, 0.3) is 0 Å². The molecule has 0 bridgehead atoms. The number of alkyl halides is 3. The zero-order valence-corrected chi connectivity index (χ0v) is 19.2. The van der Waals surface area contributed by atoms with Gasteiger partial charge in [-0.2, -0.15) is 0 Å². The molecule has 1 aromatic heterocycles. The third-order valence-electron chi connectivity index (χ3n) is 6.08. The Balaban J connectivity index is 1.53. The summed E-state index contributed by atoms with van der Waals surface area (Å²) in [6.07, 6.45) is -1.88. The van der Waals surface area contributed by atoms with Gasteiger partial charge in [0.2, 0.25) is 0 Å². The van der Waals surface area contributed by atoms with Gasteiger partial charge in [0.25, 0.3) is 11.8 Å². The molecule has 0 radical (unpaired) electrons. The molecule has 0 N–H and O–H groups in total. The van der Waals surface area contributed by atoms with E-state index in [2.05, 4.69) is 14.6 Å². The fraction of sp³-hybridized carbons (Fsp3) is 0.391. The van der Waals surface area contributed by atoms with E-state index in [0.29, 0.717) is 24.2 Å². The standard InChI is InChI=1S/C23H24F3N5O4/c1-15-20(32)31(17-3-5-18(6-4-17)35-23(24,25)26)22(34)30(15)14-16-7-8-27-13-19(16)21(33)29-11-9-28(2)10-12-29/h3-8,13,15H,9-12,14H2,1-2H3. The van der Waals surface area contributed by atoms with Gasteiger partial charge in [-0.05, 0) is 49.9 Å². The number of carbonyl (C=O) groups is 3. The maximum atomic E-state index is 13.2. The summed E-state index contributed by atoms with van der Waals surface area (Å²) in [5, 5.41) is 0. The highest BCUT2D eigenvalue weighted by molar-refractivity contribution is 6.21. The second kappa shape index (κ2) is 9.53. The molecular weight excluding hydrogens is 467 g/mol. The van der Waals surface area contributed by atoms with Gasteiger partial charge in [-0.3, -0.25) is 14.6 Å². The fourth-order valence-electron chi connectivity index (χ4n) is 4.06. The minimum atomic E-state index is -4.85. The fourth-order valence-corrected chi connectivity index (χ4v) is 4.06. The van der Waals surface area contributed by atoms with Crippen LogP contribution in [0, 0.1) is 0 Å². The first-order chi connectivity index (χ1) is 16.5. The van der Waals surface area contributed by atoms with Gasteiger partial charge in [0.1, 0.15) is 11.8 Å². The molecule has 0 aliphatic carbocycles. The lowest BCUT2D eigenvalue weighted by atomic mass is 10.1. The highest BCUT2D eigenvalue weighted by atomic mass is 19.4. The van der Waals surface area contributed by atoms with Gasteiger partial charge in [0.15, 0.2) is 0 Å². The van der Waals surface area contributed by atoms with E-state index in [-0.39, 0.29) is 18.1 Å². The zero-order chi connectivity index (χ0) is 25.3. The Bertz CT molecular complexity index is 1120. The van der Waals surface area contributed by atoms with Gasteiger partial charge in [-0.15, -0.1) is 13.2 Å². The lowest BCUT2D eigenvalue weighted by Gasteiger charge is -2.33. The number of imide groups is 1. The van der Waals surface area contributed by atoms with E-state index in [0.717, 1.165) is 30.1 Å². The Morgan fingerprint density at radius 1 is 1.09 bits per heavy atom. The van der Waals surface area contributed by atoms with Crippen molar-refractivity contribution < 1.29 is 32.3 Å². The van der Waals surface area contributed by atoms with Crippen molar-refractivity contribution in [3.8, 4) is 5.75 Å². The van der Waals surface area contributed by atoms with Crippen LogP contribution in [0.15, 0.2) is 42.7 Å². The average molecular weight is 491 g/mol. The number of halogens is 3. The number of carbonyl (C=O) groups excluding carboxylic acids is 3. The summed E-state index contributed by atoms with van der Waals surface area (Å²) in [7, 11) is 1.98. The minimum Gasteiger partial charge on any atom is -0.406 e. The number of hydrogen-bond donors (Lipinski definition) is 0. The molecule has 3 heterocycles. The quantitative estimate of drug-likeness (QED) is 0.598. The SMILES string of the molecule is CC1C(=O)N(c2ccc(OC(F)(F)F)cc2)C(=O)N1Cc1ccncc1C(=O)N1CCN(C)CC1. The molecule has 2 aliphatic rings. The van der Waals surface area contributed by atoms with Crippen molar-refractivity contribution in [1.82, 2.24) is 19.7 Å². The normalized spacial score (nSPS) is 19.5. The highest BCUT2D eigenvalue weighted by Crippen LogP contribution is 2.30. The summed E-state index contributed by atoms with van der Waals surface area (Å²) in [4.78, 5) is 49.3. The van der Waals surface area contributed by atoms with Crippen LogP contribution in [0.2, 0.25) is 0 Å². The summed E-state index contributed by atoms with van der Waals surface area (Å²) < 4.78 is 41.1. The van der Waals surface area contributed by atoms with Gasteiger partial charge in [-0.25, -0.2) is 9.69 Å². The number of nitrogens with zero attached hydrogens (tertiary/aromatic N) is 5. The maximum Gasteiger partial charge on any atom is 0.573 e. The number of likely N-dealkylation sites (N-methyl/N-ethyl adjacent to an activating group) is 1. The molecule has 2 aromatic rings.